The van der Waals surface area contributed by atoms with Gasteiger partial charge in [-0.05, 0) is 67.9 Å². The lowest BCUT2D eigenvalue weighted by atomic mass is 9.70. The SMILES string of the molecule is O=C(Nc1ccc(F)c(F)c1)c1ccc(Cl)c(S(=O)(=O)C2C[C@H]3CC[C@@H](C2)C3(O)C(O)c2cnoc2)c1. The van der Waals surface area contributed by atoms with Crippen LogP contribution in [0.4, 0.5) is 14.5 Å². The third-order valence-corrected chi connectivity index (χ3v) is 10.2. The van der Waals surface area contributed by atoms with Gasteiger partial charge in [-0.2, -0.15) is 0 Å². The summed E-state index contributed by atoms with van der Waals surface area (Å²) >= 11 is 6.26. The zero-order valence-corrected chi connectivity index (χ0v) is 20.8. The summed E-state index contributed by atoms with van der Waals surface area (Å²) in [6, 6.07) is 6.63. The van der Waals surface area contributed by atoms with Gasteiger partial charge < -0.3 is 20.1 Å². The number of aliphatic hydroxyl groups is 2. The first-order chi connectivity index (χ1) is 17.5. The molecule has 0 radical (unpaired) electrons. The number of aromatic nitrogens is 1. The first kappa shape index (κ1) is 25.8. The van der Waals surface area contributed by atoms with Crippen LogP contribution >= 0.6 is 11.6 Å². The Balaban J connectivity index is 1.39. The van der Waals surface area contributed by atoms with Crippen molar-refractivity contribution in [1.29, 1.82) is 0 Å². The molecule has 1 aromatic heterocycles. The first-order valence-electron chi connectivity index (χ1n) is 11.6. The monoisotopic (exact) mass is 552 g/mol. The van der Waals surface area contributed by atoms with E-state index in [-0.39, 0.29) is 34.0 Å². The molecule has 37 heavy (non-hydrogen) atoms. The number of fused-ring (bicyclic) bond motifs is 2. The molecule has 3 unspecified atom stereocenters. The molecule has 3 N–H and O–H groups in total. The molecule has 2 fully saturated rings. The number of sulfone groups is 1. The van der Waals surface area contributed by atoms with Crippen LogP contribution in [0.15, 0.2) is 58.3 Å². The highest BCUT2D eigenvalue weighted by molar-refractivity contribution is 7.92. The number of rotatable bonds is 6. The fourth-order valence-electron chi connectivity index (χ4n) is 5.68. The van der Waals surface area contributed by atoms with Gasteiger partial charge in [-0.1, -0.05) is 16.8 Å². The van der Waals surface area contributed by atoms with E-state index in [1.54, 1.807) is 0 Å². The van der Waals surface area contributed by atoms with Gasteiger partial charge in [-0.15, -0.1) is 0 Å². The fraction of sp³-hybridized carbons (Fsp3) is 0.360. The zero-order chi connectivity index (χ0) is 26.5. The van der Waals surface area contributed by atoms with E-state index in [1.165, 1.54) is 30.7 Å². The minimum absolute atomic E-state index is 0.00206. The van der Waals surface area contributed by atoms with Crippen molar-refractivity contribution in [3.8, 4) is 0 Å². The van der Waals surface area contributed by atoms with Crippen LogP contribution in [0.25, 0.3) is 0 Å². The topological polar surface area (TPSA) is 130 Å². The second-order valence-electron chi connectivity index (χ2n) is 9.59. The lowest BCUT2D eigenvalue weighted by molar-refractivity contribution is -0.144. The molecule has 1 amide bonds. The molecular formula is C25H23ClF2N2O6S. The summed E-state index contributed by atoms with van der Waals surface area (Å²) in [6.45, 7) is 0. The highest BCUT2D eigenvalue weighted by Gasteiger charge is 2.59. The van der Waals surface area contributed by atoms with Gasteiger partial charge in [0.15, 0.2) is 21.5 Å². The Kier molecular flexibility index (Phi) is 6.59. The van der Waals surface area contributed by atoms with Crippen LogP contribution in [-0.4, -0.2) is 40.5 Å². The largest absolute Gasteiger partial charge is 0.386 e. The van der Waals surface area contributed by atoms with Gasteiger partial charge in [0, 0.05) is 22.9 Å². The van der Waals surface area contributed by atoms with Gasteiger partial charge in [0.2, 0.25) is 0 Å². The number of carbonyl (C=O) groups is 1. The summed E-state index contributed by atoms with van der Waals surface area (Å²) in [6.07, 6.45) is 2.58. The van der Waals surface area contributed by atoms with Gasteiger partial charge in [0.25, 0.3) is 5.91 Å². The van der Waals surface area contributed by atoms with E-state index < -0.39 is 56.2 Å². The molecule has 2 aromatic carbocycles. The van der Waals surface area contributed by atoms with Gasteiger partial charge in [0.1, 0.15) is 18.0 Å². The molecule has 1 heterocycles. The summed E-state index contributed by atoms with van der Waals surface area (Å²) in [5.74, 6) is -3.92. The molecule has 2 aliphatic carbocycles. The lowest BCUT2D eigenvalue weighted by Crippen LogP contribution is -2.52. The van der Waals surface area contributed by atoms with Crippen molar-refractivity contribution in [3.05, 3.63) is 76.6 Å². The minimum Gasteiger partial charge on any atom is -0.386 e. The third-order valence-electron chi connectivity index (χ3n) is 7.59. The lowest BCUT2D eigenvalue weighted by Gasteiger charge is -2.45. The maximum absolute atomic E-state index is 13.7. The number of hydrogen-bond donors (Lipinski definition) is 3. The summed E-state index contributed by atoms with van der Waals surface area (Å²) in [5.41, 5.74) is -1.24. The molecule has 2 aliphatic rings. The fourth-order valence-corrected chi connectivity index (χ4v) is 8.08. The maximum atomic E-state index is 13.7. The van der Waals surface area contributed by atoms with Crippen LogP contribution in [0.1, 0.15) is 47.7 Å². The highest BCUT2D eigenvalue weighted by Crippen LogP contribution is 2.56. The average Bonchev–Trinajstić information content (AvgIpc) is 3.43. The zero-order valence-electron chi connectivity index (χ0n) is 19.3. The molecule has 0 saturated heterocycles. The van der Waals surface area contributed by atoms with Gasteiger partial charge in [-0.25, -0.2) is 17.2 Å². The summed E-state index contributed by atoms with van der Waals surface area (Å²) in [5, 5.41) is 27.4. The Morgan fingerprint density at radius 2 is 1.84 bits per heavy atom. The van der Waals surface area contributed by atoms with Crippen LogP contribution in [0, 0.1) is 23.5 Å². The van der Waals surface area contributed by atoms with Crippen molar-refractivity contribution in [2.45, 2.75) is 47.5 Å². The number of halogens is 3. The number of nitrogens with one attached hydrogen (secondary N) is 1. The number of nitrogens with zero attached hydrogens (tertiary/aromatic N) is 1. The molecule has 12 heteroatoms. The van der Waals surface area contributed by atoms with Crippen molar-refractivity contribution in [2.75, 3.05) is 5.32 Å². The van der Waals surface area contributed by atoms with Crippen molar-refractivity contribution >= 4 is 33.0 Å². The average molecular weight is 553 g/mol. The predicted octanol–water partition coefficient (Wildman–Crippen LogP) is 4.29. The maximum Gasteiger partial charge on any atom is 0.255 e. The molecule has 2 saturated carbocycles. The van der Waals surface area contributed by atoms with Crippen molar-refractivity contribution in [2.24, 2.45) is 11.8 Å². The number of amides is 1. The van der Waals surface area contributed by atoms with Crippen molar-refractivity contribution in [3.63, 3.8) is 0 Å². The molecule has 0 spiro atoms. The van der Waals surface area contributed by atoms with E-state index in [9.17, 15) is 32.2 Å². The van der Waals surface area contributed by atoms with Crippen molar-refractivity contribution in [1.82, 2.24) is 5.16 Å². The summed E-state index contributed by atoms with van der Waals surface area (Å²) in [4.78, 5) is 12.5. The van der Waals surface area contributed by atoms with E-state index in [0.29, 0.717) is 18.4 Å². The minimum atomic E-state index is -4.03. The number of carbonyl (C=O) groups excluding carboxylic acids is 1. The van der Waals surface area contributed by atoms with E-state index in [1.807, 2.05) is 0 Å². The van der Waals surface area contributed by atoms with Crippen LogP contribution in [0.3, 0.4) is 0 Å². The Morgan fingerprint density at radius 3 is 2.46 bits per heavy atom. The molecule has 0 aliphatic heterocycles. The second-order valence-corrected chi connectivity index (χ2v) is 12.2. The molecule has 196 valence electrons. The van der Waals surface area contributed by atoms with E-state index in [2.05, 4.69) is 10.5 Å². The van der Waals surface area contributed by atoms with Gasteiger partial charge in [-0.3, -0.25) is 4.79 Å². The van der Waals surface area contributed by atoms with E-state index in [4.69, 9.17) is 16.1 Å². The van der Waals surface area contributed by atoms with Crippen LogP contribution in [0.5, 0.6) is 0 Å². The number of benzene rings is 2. The predicted molar refractivity (Wildman–Crippen MR) is 129 cm³/mol. The molecule has 2 bridgehead atoms. The molecule has 8 nitrogen and oxygen atoms in total. The molecule has 3 aromatic rings. The molecule has 5 atom stereocenters. The second kappa shape index (κ2) is 9.46. The van der Waals surface area contributed by atoms with E-state index >= 15 is 0 Å². The Bertz CT molecular complexity index is 1440. The Labute approximate surface area is 216 Å². The first-order valence-corrected chi connectivity index (χ1v) is 13.5. The number of aliphatic hydroxyl groups excluding tert-OH is 1. The Hall–Kier alpha value is -2.86. The highest BCUT2D eigenvalue weighted by atomic mass is 35.5. The Morgan fingerprint density at radius 1 is 1.14 bits per heavy atom. The van der Waals surface area contributed by atoms with Gasteiger partial charge in [0.05, 0.1) is 21.4 Å². The quantitative estimate of drug-likeness (QED) is 0.416. The van der Waals surface area contributed by atoms with Crippen LogP contribution < -0.4 is 5.32 Å². The van der Waals surface area contributed by atoms with Crippen LogP contribution in [-0.2, 0) is 9.84 Å². The summed E-state index contributed by atoms with van der Waals surface area (Å²) < 4.78 is 58.8. The third kappa shape index (κ3) is 4.43. The standard InChI is InChI=1S/C25H23ClF2N2O6S/c26-19-5-1-13(24(32)30-17-4-6-20(27)21(28)10-17)7-22(19)37(34,35)18-8-15-2-3-16(9-18)25(15,33)23(31)14-11-29-36-12-14/h1,4-7,10-12,15-16,18,23,31,33H,2-3,8-9H2,(H,30,32)/t15-,16+,18?,23?,25?. The number of anilines is 1. The van der Waals surface area contributed by atoms with E-state index in [0.717, 1.165) is 18.2 Å². The molecule has 5 rings (SSSR count). The summed E-state index contributed by atoms with van der Waals surface area (Å²) in [7, 11) is -4.03. The molecular weight excluding hydrogens is 530 g/mol. The van der Waals surface area contributed by atoms with Crippen molar-refractivity contribution < 1.29 is 36.7 Å². The van der Waals surface area contributed by atoms with Gasteiger partial charge >= 0.3 is 0 Å². The van der Waals surface area contributed by atoms with Crippen LogP contribution in [0.2, 0.25) is 5.02 Å². The smallest absolute Gasteiger partial charge is 0.255 e. The number of hydrogen-bond acceptors (Lipinski definition) is 7. The normalized spacial score (nSPS) is 26.1.